The number of carboxylic acids is 1. The number of aliphatic carboxylic acids is 1. The number of carbonyl (C=O) groups is 2. The zero-order valence-electron chi connectivity index (χ0n) is 12.9. The normalized spacial score (nSPS) is 31.3. The summed E-state index contributed by atoms with van der Waals surface area (Å²) in [5, 5.41) is 26.8. The van der Waals surface area contributed by atoms with Crippen molar-refractivity contribution in [1.29, 1.82) is 5.41 Å². The van der Waals surface area contributed by atoms with Gasteiger partial charge in [-0.3, -0.25) is 15.1 Å². The number of aliphatic hydroxyl groups is 1. The van der Waals surface area contributed by atoms with Crippen molar-refractivity contribution in [3.05, 3.63) is 9.93 Å². The van der Waals surface area contributed by atoms with Crippen LogP contribution in [-0.2, 0) is 9.59 Å². The molecule has 3 aliphatic rings. The molecule has 4 unspecified atom stereocenters. The second-order valence-electron chi connectivity index (χ2n) is 5.98. The molecule has 3 aliphatic heterocycles. The lowest BCUT2D eigenvalue weighted by atomic mass is 9.92. The van der Waals surface area contributed by atoms with Gasteiger partial charge in [0, 0.05) is 18.3 Å². The lowest BCUT2D eigenvalue weighted by Crippen LogP contribution is -2.60. The monoisotopic (exact) mass is 357 g/mol. The van der Waals surface area contributed by atoms with Crippen LogP contribution in [0.15, 0.2) is 9.93 Å². The fraction of sp³-hybridized carbons (Fsp3) is 0.643. The number of aliphatic hydroxyl groups excluding tert-OH is 1. The first-order valence-corrected chi connectivity index (χ1v) is 9.19. The molecule has 1 amide bonds. The third-order valence-electron chi connectivity index (χ3n) is 4.36. The van der Waals surface area contributed by atoms with E-state index >= 15 is 0 Å². The maximum Gasteiger partial charge on any atom is 0.354 e. The highest BCUT2D eigenvalue weighted by Crippen LogP contribution is 2.55. The average Bonchev–Trinajstić information content (AvgIpc) is 3.02. The minimum absolute atomic E-state index is 0.0527. The van der Waals surface area contributed by atoms with Gasteiger partial charge in [0.15, 0.2) is 5.70 Å². The number of β-lactam (4-membered cyclic amide) rings is 1. The zero-order chi connectivity index (χ0) is 16.9. The molecule has 0 aromatic heterocycles. The number of amidine groups is 1. The van der Waals surface area contributed by atoms with Gasteiger partial charge in [-0.25, -0.2) is 4.79 Å². The van der Waals surface area contributed by atoms with Gasteiger partial charge in [0.2, 0.25) is 5.91 Å². The molecule has 4 atom stereocenters. The molecule has 0 spiro atoms. The van der Waals surface area contributed by atoms with Crippen LogP contribution in [0.25, 0.3) is 0 Å². The van der Waals surface area contributed by atoms with Crippen LogP contribution >= 0.6 is 23.5 Å². The van der Waals surface area contributed by atoms with E-state index in [0.29, 0.717) is 10.1 Å². The van der Waals surface area contributed by atoms with Gasteiger partial charge in [-0.15, -0.1) is 11.8 Å². The molecular weight excluding hydrogens is 338 g/mol. The predicted octanol–water partition coefficient (Wildman–Crippen LogP) is 0.957. The summed E-state index contributed by atoms with van der Waals surface area (Å²) in [6, 6.07) is 0. The molecule has 0 aromatic carbocycles. The fourth-order valence-electron chi connectivity index (χ4n) is 3.11. The first-order chi connectivity index (χ1) is 10.8. The summed E-state index contributed by atoms with van der Waals surface area (Å²) in [6.45, 7) is 4.83. The van der Waals surface area contributed by atoms with E-state index in [1.54, 1.807) is 13.8 Å². The highest BCUT2D eigenvalue weighted by atomic mass is 32.2. The Morgan fingerprint density at radius 1 is 1.52 bits per heavy atom. The highest BCUT2D eigenvalue weighted by Gasteiger charge is 2.58. The Bertz CT molecular complexity index is 607. The number of likely N-dealkylation sites (tertiary alicyclic amines) is 1. The van der Waals surface area contributed by atoms with Gasteiger partial charge in [-0.1, -0.05) is 11.8 Å². The van der Waals surface area contributed by atoms with E-state index in [2.05, 4.69) is 0 Å². The van der Waals surface area contributed by atoms with Gasteiger partial charge in [0.25, 0.3) is 0 Å². The van der Waals surface area contributed by atoms with E-state index in [0.717, 1.165) is 19.5 Å². The molecule has 23 heavy (non-hydrogen) atoms. The second-order valence-corrected chi connectivity index (χ2v) is 8.68. The zero-order valence-corrected chi connectivity index (χ0v) is 14.5. The van der Waals surface area contributed by atoms with Crippen molar-refractivity contribution < 1.29 is 19.8 Å². The summed E-state index contributed by atoms with van der Waals surface area (Å²) in [5.41, 5.74) is 0.0527. The van der Waals surface area contributed by atoms with Crippen LogP contribution in [-0.4, -0.2) is 67.5 Å². The first kappa shape index (κ1) is 16.7. The molecule has 9 heteroatoms. The lowest BCUT2D eigenvalue weighted by Gasteiger charge is -2.43. The molecular formula is C14H19N3O4S2. The molecule has 3 rings (SSSR count). The minimum Gasteiger partial charge on any atom is -0.477 e. The van der Waals surface area contributed by atoms with Crippen LogP contribution < -0.4 is 0 Å². The predicted molar refractivity (Wildman–Crippen MR) is 89.0 cm³/mol. The number of fused-ring (bicyclic) bond motifs is 1. The summed E-state index contributed by atoms with van der Waals surface area (Å²) < 4.78 is 0.647. The van der Waals surface area contributed by atoms with Crippen LogP contribution in [0.5, 0.6) is 0 Å². The van der Waals surface area contributed by atoms with Gasteiger partial charge in [0.1, 0.15) is 5.37 Å². The van der Waals surface area contributed by atoms with Crippen molar-refractivity contribution in [3.63, 3.8) is 0 Å². The maximum absolute atomic E-state index is 12.1. The van der Waals surface area contributed by atoms with Crippen molar-refractivity contribution in [3.8, 4) is 0 Å². The molecule has 2 fully saturated rings. The molecule has 7 nitrogen and oxygen atoms in total. The van der Waals surface area contributed by atoms with Crippen LogP contribution in [0.3, 0.4) is 0 Å². The lowest BCUT2D eigenvalue weighted by molar-refractivity contribution is -0.156. The van der Waals surface area contributed by atoms with Crippen molar-refractivity contribution in [1.82, 2.24) is 9.80 Å². The Hall–Kier alpha value is -1.19. The Balaban J connectivity index is 1.75. The van der Waals surface area contributed by atoms with Crippen LogP contribution in [0.4, 0.5) is 0 Å². The highest BCUT2D eigenvalue weighted by molar-refractivity contribution is 8.23. The molecule has 0 aromatic rings. The van der Waals surface area contributed by atoms with Crippen LogP contribution in [0.2, 0.25) is 0 Å². The Morgan fingerprint density at radius 2 is 2.22 bits per heavy atom. The molecule has 0 aliphatic carbocycles. The second kappa shape index (κ2) is 6.03. The number of nitrogens with zero attached hydrogens (tertiary/aromatic N) is 2. The van der Waals surface area contributed by atoms with E-state index in [1.807, 2.05) is 4.90 Å². The summed E-state index contributed by atoms with van der Waals surface area (Å²) in [7, 11) is 0. The number of amides is 1. The molecule has 0 radical (unpaired) electrons. The van der Waals surface area contributed by atoms with Crippen molar-refractivity contribution in [2.24, 2.45) is 5.92 Å². The molecule has 3 N–H and O–H groups in total. The van der Waals surface area contributed by atoms with E-state index in [9.17, 15) is 19.8 Å². The quantitative estimate of drug-likeness (QED) is 0.391. The summed E-state index contributed by atoms with van der Waals surface area (Å²) in [5.74, 6) is -1.42. The van der Waals surface area contributed by atoms with Gasteiger partial charge in [-0.2, -0.15) is 0 Å². The molecule has 2 saturated heterocycles. The summed E-state index contributed by atoms with van der Waals surface area (Å²) in [4.78, 5) is 27.0. The SMILES string of the molecule is CC(=N)N1CCC(SC2=C(C(=O)O)N3C(=O)C(C(C)O)C3S2)C1. The van der Waals surface area contributed by atoms with Gasteiger partial charge >= 0.3 is 5.97 Å². The Morgan fingerprint density at radius 3 is 2.74 bits per heavy atom. The topological polar surface area (TPSA) is 105 Å². The van der Waals surface area contributed by atoms with Gasteiger partial charge in [0.05, 0.1) is 22.1 Å². The number of hydrogen-bond donors (Lipinski definition) is 3. The number of carboxylic acid groups (broad SMARTS) is 1. The van der Waals surface area contributed by atoms with Gasteiger partial charge in [-0.05, 0) is 20.3 Å². The summed E-state index contributed by atoms with van der Waals surface area (Å²) in [6.07, 6.45) is 0.106. The minimum atomic E-state index is -1.10. The smallest absolute Gasteiger partial charge is 0.354 e. The fourth-order valence-corrected chi connectivity index (χ4v) is 6.44. The Kier molecular flexibility index (Phi) is 4.37. The maximum atomic E-state index is 12.1. The number of nitrogens with one attached hydrogen (secondary N) is 1. The number of hydrogen-bond acceptors (Lipinski definition) is 6. The third-order valence-corrected chi connectivity index (χ3v) is 7.22. The standard InChI is InChI=1S/C14H19N3O4S2/c1-6(18)9-11(19)17-10(13(20)21)14(23-12(9)17)22-8-3-4-16(5-8)7(2)15/h6,8-9,12,15,18H,3-5H2,1-2H3,(H,20,21). The van der Waals surface area contributed by atoms with Crippen LogP contribution in [0.1, 0.15) is 20.3 Å². The number of carbonyl (C=O) groups excluding carboxylic acids is 1. The number of thioether (sulfide) groups is 2. The molecule has 0 bridgehead atoms. The number of rotatable bonds is 4. The third kappa shape index (κ3) is 2.74. The van der Waals surface area contributed by atoms with E-state index in [1.165, 1.54) is 28.4 Å². The molecule has 0 saturated carbocycles. The van der Waals surface area contributed by atoms with E-state index in [4.69, 9.17) is 5.41 Å². The van der Waals surface area contributed by atoms with E-state index in [-0.39, 0.29) is 22.2 Å². The largest absolute Gasteiger partial charge is 0.477 e. The first-order valence-electron chi connectivity index (χ1n) is 7.43. The van der Waals surface area contributed by atoms with Gasteiger partial charge < -0.3 is 15.1 Å². The molecule has 126 valence electrons. The van der Waals surface area contributed by atoms with E-state index < -0.39 is 18.0 Å². The van der Waals surface area contributed by atoms with Crippen LogP contribution in [0, 0.1) is 11.3 Å². The Labute approximate surface area is 142 Å². The molecule has 3 heterocycles. The van der Waals surface area contributed by atoms with Crippen molar-refractivity contribution in [2.75, 3.05) is 13.1 Å². The van der Waals surface area contributed by atoms with Crippen molar-refractivity contribution in [2.45, 2.75) is 37.0 Å². The van der Waals surface area contributed by atoms with Crippen molar-refractivity contribution >= 4 is 41.2 Å². The summed E-state index contributed by atoms with van der Waals surface area (Å²) >= 11 is 2.85. The average molecular weight is 357 g/mol.